The molecule has 8 nitrogen and oxygen atoms in total. The molecule has 3 aliphatic rings. The number of piperidine rings is 2. The zero-order chi connectivity index (χ0) is 22.7. The van der Waals surface area contributed by atoms with Crippen LogP contribution in [0.4, 0.5) is 11.4 Å². The van der Waals surface area contributed by atoms with E-state index < -0.39 is 11.5 Å². The highest BCUT2D eigenvalue weighted by Gasteiger charge is 2.45. The van der Waals surface area contributed by atoms with Crippen molar-refractivity contribution in [2.45, 2.75) is 63.3 Å². The number of hydrogen-bond acceptors (Lipinski definition) is 5. The number of primary amides is 1. The van der Waals surface area contributed by atoms with Gasteiger partial charge in [-0.15, -0.1) is 0 Å². The molecule has 0 aromatic heterocycles. The lowest BCUT2D eigenvalue weighted by Gasteiger charge is -2.48. The molecule has 174 valence electrons. The van der Waals surface area contributed by atoms with E-state index in [1.165, 1.54) is 6.42 Å². The largest absolute Gasteiger partial charge is 0.478 e. The van der Waals surface area contributed by atoms with Crippen molar-refractivity contribution < 1.29 is 19.5 Å². The van der Waals surface area contributed by atoms with Gasteiger partial charge in [-0.3, -0.25) is 14.5 Å². The van der Waals surface area contributed by atoms with Gasteiger partial charge in [-0.2, -0.15) is 0 Å². The Morgan fingerprint density at radius 2 is 1.62 bits per heavy atom. The average molecular weight is 443 g/mol. The predicted octanol–water partition coefficient (Wildman–Crippen LogP) is 2.82. The molecule has 0 bridgehead atoms. The summed E-state index contributed by atoms with van der Waals surface area (Å²) in [5.41, 5.74) is 6.50. The van der Waals surface area contributed by atoms with Crippen LogP contribution in [0.15, 0.2) is 18.2 Å². The van der Waals surface area contributed by atoms with Gasteiger partial charge in [0, 0.05) is 24.7 Å². The average Bonchev–Trinajstić information content (AvgIpc) is 3.35. The molecule has 2 amide bonds. The lowest BCUT2D eigenvalue weighted by molar-refractivity contribution is -0.132. The van der Waals surface area contributed by atoms with Crippen molar-refractivity contribution in [1.82, 2.24) is 4.90 Å². The molecular weight excluding hydrogens is 408 g/mol. The molecule has 3 fully saturated rings. The van der Waals surface area contributed by atoms with Crippen molar-refractivity contribution in [3.8, 4) is 0 Å². The maximum absolute atomic E-state index is 12.5. The Balaban J connectivity index is 1.48. The lowest BCUT2D eigenvalue weighted by atomic mass is 9.83. The highest BCUT2D eigenvalue weighted by atomic mass is 16.4. The second-order valence-corrected chi connectivity index (χ2v) is 9.44. The molecule has 0 spiro atoms. The Kier molecular flexibility index (Phi) is 6.69. The maximum atomic E-state index is 12.5. The Labute approximate surface area is 189 Å². The fourth-order valence-corrected chi connectivity index (χ4v) is 5.61. The van der Waals surface area contributed by atoms with E-state index in [-0.39, 0.29) is 23.3 Å². The van der Waals surface area contributed by atoms with Gasteiger partial charge in [0.1, 0.15) is 5.54 Å². The highest BCUT2D eigenvalue weighted by Crippen LogP contribution is 2.35. The Bertz CT molecular complexity index is 867. The molecule has 0 radical (unpaired) electrons. The van der Waals surface area contributed by atoms with Crippen LogP contribution in [0.1, 0.15) is 68.1 Å². The molecule has 1 aliphatic carbocycles. The van der Waals surface area contributed by atoms with Crippen LogP contribution in [0.5, 0.6) is 0 Å². The van der Waals surface area contributed by atoms with Crippen LogP contribution < -0.4 is 16.0 Å². The van der Waals surface area contributed by atoms with E-state index in [9.17, 15) is 19.5 Å². The molecule has 2 saturated heterocycles. The number of carboxylic acids is 1. The van der Waals surface area contributed by atoms with Gasteiger partial charge < -0.3 is 21.1 Å². The Morgan fingerprint density at radius 3 is 2.22 bits per heavy atom. The Morgan fingerprint density at radius 1 is 0.969 bits per heavy atom. The predicted molar refractivity (Wildman–Crippen MR) is 123 cm³/mol. The summed E-state index contributed by atoms with van der Waals surface area (Å²) in [5, 5.41) is 12.6. The summed E-state index contributed by atoms with van der Waals surface area (Å²) < 4.78 is 0. The molecule has 4 rings (SSSR count). The molecule has 4 N–H and O–H groups in total. The van der Waals surface area contributed by atoms with Crippen molar-refractivity contribution >= 4 is 29.2 Å². The van der Waals surface area contributed by atoms with Gasteiger partial charge in [-0.1, -0.05) is 19.3 Å². The second kappa shape index (κ2) is 9.48. The van der Waals surface area contributed by atoms with Crippen molar-refractivity contribution in [2.24, 2.45) is 11.7 Å². The van der Waals surface area contributed by atoms with Gasteiger partial charge in [-0.25, -0.2) is 4.79 Å². The third-order valence-corrected chi connectivity index (χ3v) is 7.59. The van der Waals surface area contributed by atoms with Crippen LogP contribution in [0.25, 0.3) is 0 Å². The zero-order valence-corrected chi connectivity index (χ0v) is 18.6. The van der Waals surface area contributed by atoms with Crippen LogP contribution in [0, 0.1) is 5.92 Å². The third-order valence-electron chi connectivity index (χ3n) is 7.59. The van der Waals surface area contributed by atoms with E-state index in [1.54, 1.807) is 12.1 Å². The number of hydrogen-bond donors (Lipinski definition) is 3. The van der Waals surface area contributed by atoms with Crippen molar-refractivity contribution in [2.75, 3.05) is 36.4 Å². The number of carbonyl (C=O) groups is 3. The molecule has 1 aromatic carbocycles. The van der Waals surface area contributed by atoms with Crippen LogP contribution in [0.2, 0.25) is 0 Å². The van der Waals surface area contributed by atoms with Crippen molar-refractivity contribution in [3.05, 3.63) is 23.8 Å². The van der Waals surface area contributed by atoms with Gasteiger partial charge in [0.2, 0.25) is 11.8 Å². The number of likely N-dealkylation sites (tertiary alicyclic amines) is 1. The lowest BCUT2D eigenvalue weighted by Crippen LogP contribution is -2.63. The topological polar surface area (TPSA) is 116 Å². The first-order valence-corrected chi connectivity index (χ1v) is 11.9. The summed E-state index contributed by atoms with van der Waals surface area (Å²) >= 11 is 0. The standard InChI is InChI=1S/C24H34N4O4/c25-23(32)24(28-12-4-1-5-13-28)10-14-27(15-11-24)18-8-9-20(19(16-18)22(30)31)26-21(29)17-6-2-3-7-17/h8-9,16-17H,1-7,10-15H2,(H2,25,32)(H,26,29)(H,30,31). The quantitative estimate of drug-likeness (QED) is 0.624. The number of nitrogens with zero attached hydrogens (tertiary/aromatic N) is 2. The summed E-state index contributed by atoms with van der Waals surface area (Å²) in [5.74, 6) is -1.45. The minimum atomic E-state index is -1.06. The Hall–Kier alpha value is -2.61. The zero-order valence-electron chi connectivity index (χ0n) is 18.6. The molecule has 1 saturated carbocycles. The first-order chi connectivity index (χ1) is 15.4. The molecule has 2 heterocycles. The van der Waals surface area contributed by atoms with E-state index >= 15 is 0 Å². The summed E-state index contributed by atoms with van der Waals surface area (Å²) in [6, 6.07) is 5.17. The molecule has 0 unspecified atom stereocenters. The molecule has 32 heavy (non-hydrogen) atoms. The van der Waals surface area contributed by atoms with E-state index in [2.05, 4.69) is 15.1 Å². The number of benzene rings is 1. The highest BCUT2D eigenvalue weighted by molar-refractivity contribution is 6.02. The van der Waals surface area contributed by atoms with Gasteiger partial charge in [-0.05, 0) is 69.8 Å². The summed E-state index contributed by atoms with van der Waals surface area (Å²) in [6.07, 6.45) is 8.44. The molecule has 2 aliphatic heterocycles. The van der Waals surface area contributed by atoms with Crippen LogP contribution in [0.3, 0.4) is 0 Å². The molecule has 0 atom stereocenters. The molecular formula is C24H34N4O4. The normalized spacial score (nSPS) is 21.9. The first kappa shape index (κ1) is 22.6. The van der Waals surface area contributed by atoms with Gasteiger partial charge >= 0.3 is 5.97 Å². The fourth-order valence-electron chi connectivity index (χ4n) is 5.61. The number of carbonyl (C=O) groups excluding carboxylic acids is 2. The summed E-state index contributed by atoms with van der Waals surface area (Å²) in [7, 11) is 0. The SMILES string of the molecule is NC(=O)C1(N2CCCCC2)CCN(c2ccc(NC(=O)C3CCCC3)c(C(=O)O)c2)CC1. The summed E-state index contributed by atoms with van der Waals surface area (Å²) in [6.45, 7) is 3.07. The number of aromatic carboxylic acids is 1. The van der Waals surface area contributed by atoms with Crippen molar-refractivity contribution in [1.29, 1.82) is 0 Å². The molecule has 1 aromatic rings. The second-order valence-electron chi connectivity index (χ2n) is 9.44. The van der Waals surface area contributed by atoms with E-state index in [0.29, 0.717) is 31.6 Å². The number of rotatable bonds is 6. The maximum Gasteiger partial charge on any atom is 0.337 e. The van der Waals surface area contributed by atoms with E-state index in [4.69, 9.17) is 5.73 Å². The van der Waals surface area contributed by atoms with E-state index in [0.717, 1.165) is 57.3 Å². The number of anilines is 2. The van der Waals surface area contributed by atoms with Gasteiger partial charge in [0.15, 0.2) is 0 Å². The third kappa shape index (κ3) is 4.46. The number of amides is 2. The smallest absolute Gasteiger partial charge is 0.337 e. The van der Waals surface area contributed by atoms with Crippen LogP contribution in [-0.4, -0.2) is 59.5 Å². The fraction of sp³-hybridized carbons (Fsp3) is 0.625. The number of nitrogens with one attached hydrogen (secondary N) is 1. The van der Waals surface area contributed by atoms with Crippen molar-refractivity contribution in [3.63, 3.8) is 0 Å². The van der Waals surface area contributed by atoms with Crippen LogP contribution in [-0.2, 0) is 9.59 Å². The minimum Gasteiger partial charge on any atom is -0.478 e. The number of nitrogens with two attached hydrogens (primary N) is 1. The van der Waals surface area contributed by atoms with Gasteiger partial charge in [0.25, 0.3) is 0 Å². The van der Waals surface area contributed by atoms with Gasteiger partial charge in [0.05, 0.1) is 11.3 Å². The first-order valence-electron chi connectivity index (χ1n) is 11.9. The van der Waals surface area contributed by atoms with Crippen LogP contribution >= 0.6 is 0 Å². The monoisotopic (exact) mass is 442 g/mol. The number of carboxylic acid groups (broad SMARTS) is 1. The summed E-state index contributed by atoms with van der Waals surface area (Å²) in [4.78, 5) is 41.3. The molecule has 8 heteroatoms. The minimum absolute atomic E-state index is 0.0323. The van der Waals surface area contributed by atoms with E-state index in [1.807, 2.05) is 6.07 Å².